The van der Waals surface area contributed by atoms with Crippen LogP contribution in [0.3, 0.4) is 0 Å². The van der Waals surface area contributed by atoms with E-state index in [0.717, 1.165) is 6.54 Å². The molecular weight excluding hydrogens is 349 g/mol. The Labute approximate surface area is 157 Å². The lowest BCUT2D eigenvalue weighted by molar-refractivity contribution is -0.0504. The Balaban J connectivity index is 1.48. The molecule has 0 aliphatic carbocycles. The smallest absolute Gasteiger partial charge is 0.254 e. The van der Waals surface area contributed by atoms with Gasteiger partial charge in [-0.2, -0.15) is 5.10 Å². The number of aliphatic hydroxyl groups excluding tert-OH is 1. The van der Waals surface area contributed by atoms with Gasteiger partial charge in [-0.25, -0.2) is 4.39 Å². The fourth-order valence-corrected chi connectivity index (χ4v) is 4.07. The molecule has 2 aromatic rings. The predicted molar refractivity (Wildman–Crippen MR) is 97.1 cm³/mol. The molecule has 0 bridgehead atoms. The van der Waals surface area contributed by atoms with E-state index in [1.807, 2.05) is 13.1 Å². The zero-order chi connectivity index (χ0) is 19.2. The Bertz CT molecular complexity index is 871. The number of aliphatic hydroxyl groups is 1. The van der Waals surface area contributed by atoms with Gasteiger partial charge in [-0.3, -0.25) is 9.48 Å². The minimum atomic E-state index is -0.650. The third-order valence-electron chi connectivity index (χ3n) is 5.67. The number of aryl methyl sites for hydroxylation is 2. The summed E-state index contributed by atoms with van der Waals surface area (Å²) in [6.45, 7) is 5.53. The molecule has 3 heterocycles. The lowest BCUT2D eigenvalue weighted by atomic mass is 9.83. The first kappa shape index (κ1) is 18.0. The Morgan fingerprint density at radius 2 is 2.15 bits per heavy atom. The summed E-state index contributed by atoms with van der Waals surface area (Å²) < 4.78 is 21.3. The lowest BCUT2D eigenvalue weighted by Gasteiger charge is -2.44. The summed E-state index contributed by atoms with van der Waals surface area (Å²) >= 11 is 0. The van der Waals surface area contributed by atoms with Crippen LogP contribution in [0.2, 0.25) is 0 Å². The van der Waals surface area contributed by atoms with Gasteiger partial charge in [0.25, 0.3) is 5.91 Å². The van der Waals surface area contributed by atoms with Crippen molar-refractivity contribution in [2.45, 2.75) is 51.4 Å². The Hall–Kier alpha value is -2.41. The average Bonchev–Trinajstić information content (AvgIpc) is 3.05. The number of aromatic nitrogens is 2. The highest BCUT2D eigenvalue weighted by Gasteiger charge is 2.45. The van der Waals surface area contributed by atoms with Crippen LogP contribution in [-0.4, -0.2) is 44.4 Å². The molecule has 1 amide bonds. The summed E-state index contributed by atoms with van der Waals surface area (Å²) in [5.41, 5.74) is 1.30. The van der Waals surface area contributed by atoms with Crippen LogP contribution < -0.4 is 4.74 Å². The van der Waals surface area contributed by atoms with Crippen molar-refractivity contribution in [3.05, 3.63) is 47.0 Å². The average molecular weight is 373 g/mol. The molecule has 2 aliphatic heterocycles. The van der Waals surface area contributed by atoms with E-state index in [1.165, 1.54) is 12.1 Å². The molecule has 1 unspecified atom stereocenters. The van der Waals surface area contributed by atoms with E-state index >= 15 is 0 Å². The summed E-state index contributed by atoms with van der Waals surface area (Å²) in [6, 6.07) is 4.25. The van der Waals surface area contributed by atoms with E-state index in [2.05, 4.69) is 5.10 Å². The number of rotatable bonds is 2. The molecule has 1 atom stereocenters. The highest BCUT2D eigenvalue weighted by molar-refractivity contribution is 5.95. The van der Waals surface area contributed by atoms with E-state index in [9.17, 15) is 14.3 Å². The minimum absolute atomic E-state index is 0.0850. The van der Waals surface area contributed by atoms with E-state index in [0.29, 0.717) is 54.9 Å². The molecule has 144 valence electrons. The SMILES string of the molecule is CCn1cc2c(n1)C(O)CC1(CCN(C(=O)c3ccc(F)cc3C)CC1)O2. The quantitative estimate of drug-likeness (QED) is 0.879. The topological polar surface area (TPSA) is 67.6 Å². The number of piperidine rings is 1. The van der Waals surface area contributed by atoms with Gasteiger partial charge in [0.2, 0.25) is 0 Å². The third kappa shape index (κ3) is 3.20. The van der Waals surface area contributed by atoms with E-state index < -0.39 is 11.7 Å². The van der Waals surface area contributed by atoms with Crippen LogP contribution in [0.25, 0.3) is 0 Å². The van der Waals surface area contributed by atoms with Crippen molar-refractivity contribution in [2.24, 2.45) is 0 Å². The van der Waals surface area contributed by atoms with Crippen LogP contribution in [0.5, 0.6) is 5.75 Å². The van der Waals surface area contributed by atoms with Crippen molar-refractivity contribution in [1.82, 2.24) is 14.7 Å². The Morgan fingerprint density at radius 1 is 1.41 bits per heavy atom. The number of likely N-dealkylation sites (tertiary alicyclic amines) is 1. The van der Waals surface area contributed by atoms with Gasteiger partial charge in [0.05, 0.1) is 6.20 Å². The minimum Gasteiger partial charge on any atom is -0.483 e. The number of hydrogen-bond donors (Lipinski definition) is 1. The van der Waals surface area contributed by atoms with Crippen LogP contribution in [0.4, 0.5) is 4.39 Å². The van der Waals surface area contributed by atoms with Crippen molar-refractivity contribution < 1.29 is 19.0 Å². The number of carbonyl (C=O) groups is 1. The number of carbonyl (C=O) groups excluding carboxylic acids is 1. The summed E-state index contributed by atoms with van der Waals surface area (Å²) in [5.74, 6) is 0.220. The molecule has 1 aromatic heterocycles. The summed E-state index contributed by atoms with van der Waals surface area (Å²) in [6.07, 6.45) is 2.96. The molecular formula is C20H24FN3O3. The van der Waals surface area contributed by atoms with Crippen molar-refractivity contribution >= 4 is 5.91 Å². The summed E-state index contributed by atoms with van der Waals surface area (Å²) in [4.78, 5) is 14.6. The molecule has 7 heteroatoms. The molecule has 0 saturated carbocycles. The zero-order valence-electron chi connectivity index (χ0n) is 15.6. The van der Waals surface area contributed by atoms with Gasteiger partial charge in [0, 0.05) is 44.5 Å². The van der Waals surface area contributed by atoms with Gasteiger partial charge in [-0.05, 0) is 37.6 Å². The first-order valence-electron chi connectivity index (χ1n) is 9.41. The van der Waals surface area contributed by atoms with Gasteiger partial charge >= 0.3 is 0 Å². The predicted octanol–water partition coefficient (Wildman–Crippen LogP) is 2.84. The van der Waals surface area contributed by atoms with Crippen LogP contribution in [0.1, 0.15) is 53.9 Å². The number of benzene rings is 1. The summed E-state index contributed by atoms with van der Waals surface area (Å²) in [7, 11) is 0. The number of halogens is 1. The van der Waals surface area contributed by atoms with Crippen LogP contribution in [-0.2, 0) is 6.54 Å². The number of fused-ring (bicyclic) bond motifs is 1. The first-order valence-corrected chi connectivity index (χ1v) is 9.41. The normalized spacial score (nSPS) is 21.0. The van der Waals surface area contributed by atoms with Crippen LogP contribution >= 0.6 is 0 Å². The Morgan fingerprint density at radius 3 is 2.81 bits per heavy atom. The number of hydrogen-bond acceptors (Lipinski definition) is 4. The van der Waals surface area contributed by atoms with Crippen molar-refractivity contribution in [1.29, 1.82) is 0 Å². The monoisotopic (exact) mass is 373 g/mol. The molecule has 0 radical (unpaired) electrons. The highest BCUT2D eigenvalue weighted by atomic mass is 19.1. The van der Waals surface area contributed by atoms with E-state index in [4.69, 9.17) is 4.74 Å². The van der Waals surface area contributed by atoms with Crippen LogP contribution in [0.15, 0.2) is 24.4 Å². The van der Waals surface area contributed by atoms with Gasteiger partial charge in [-0.15, -0.1) is 0 Å². The molecule has 1 saturated heterocycles. The fraction of sp³-hybridized carbons (Fsp3) is 0.500. The van der Waals surface area contributed by atoms with Crippen molar-refractivity contribution in [2.75, 3.05) is 13.1 Å². The van der Waals surface area contributed by atoms with E-state index in [1.54, 1.807) is 22.6 Å². The maximum atomic E-state index is 13.3. The maximum absolute atomic E-state index is 13.3. The second-order valence-electron chi connectivity index (χ2n) is 7.49. The molecule has 1 spiro atoms. The highest BCUT2D eigenvalue weighted by Crippen LogP contribution is 2.43. The fourth-order valence-electron chi connectivity index (χ4n) is 4.07. The second-order valence-corrected chi connectivity index (χ2v) is 7.49. The summed E-state index contributed by atoms with van der Waals surface area (Å²) in [5, 5.41) is 14.9. The molecule has 4 rings (SSSR count). The molecule has 6 nitrogen and oxygen atoms in total. The van der Waals surface area contributed by atoms with Gasteiger partial charge in [0.15, 0.2) is 5.75 Å². The first-order chi connectivity index (χ1) is 12.9. The van der Waals surface area contributed by atoms with E-state index in [-0.39, 0.29) is 11.7 Å². The Kier molecular flexibility index (Phi) is 4.42. The zero-order valence-corrected chi connectivity index (χ0v) is 15.6. The van der Waals surface area contributed by atoms with Gasteiger partial charge < -0.3 is 14.7 Å². The number of nitrogens with zero attached hydrogens (tertiary/aromatic N) is 3. The van der Waals surface area contributed by atoms with Gasteiger partial charge in [0.1, 0.15) is 23.2 Å². The second kappa shape index (κ2) is 6.64. The molecule has 27 heavy (non-hydrogen) atoms. The standard InChI is InChI=1S/C20H24FN3O3/c1-3-24-12-17-18(22-24)16(25)11-20(27-17)6-8-23(9-7-20)19(26)15-5-4-14(21)10-13(15)2/h4-5,10,12,16,25H,3,6-9,11H2,1-2H3. The van der Waals surface area contributed by atoms with Crippen LogP contribution in [0, 0.1) is 12.7 Å². The molecule has 1 fully saturated rings. The molecule has 1 aromatic carbocycles. The van der Waals surface area contributed by atoms with Gasteiger partial charge in [-0.1, -0.05) is 0 Å². The largest absolute Gasteiger partial charge is 0.483 e. The molecule has 1 N–H and O–H groups in total. The van der Waals surface area contributed by atoms with Crippen molar-refractivity contribution in [3.8, 4) is 5.75 Å². The number of amides is 1. The van der Waals surface area contributed by atoms with Crippen molar-refractivity contribution in [3.63, 3.8) is 0 Å². The number of ether oxygens (including phenoxy) is 1. The third-order valence-corrected chi connectivity index (χ3v) is 5.67. The maximum Gasteiger partial charge on any atom is 0.254 e. The molecule has 2 aliphatic rings. The lowest BCUT2D eigenvalue weighted by Crippen LogP contribution is -2.51.